The predicted molar refractivity (Wildman–Crippen MR) is 58.5 cm³/mol. The highest BCUT2D eigenvalue weighted by atomic mass is 16.3. The summed E-state index contributed by atoms with van der Waals surface area (Å²) in [4.78, 5) is 0. The van der Waals surface area contributed by atoms with E-state index in [4.69, 9.17) is 0 Å². The summed E-state index contributed by atoms with van der Waals surface area (Å²) in [6.07, 6.45) is 1.52. The first-order valence-corrected chi connectivity index (χ1v) is 5.28. The standard InChI is InChI=1S/C12H17NO/c1-3-9-5-4-6-10-11(14)7-8(2)13-12(9)10/h4-6,8,11,13-14H,3,7H2,1-2H3. The van der Waals surface area contributed by atoms with Gasteiger partial charge in [-0.3, -0.25) is 0 Å². The molecule has 14 heavy (non-hydrogen) atoms. The van der Waals surface area contributed by atoms with Gasteiger partial charge in [0.15, 0.2) is 0 Å². The third kappa shape index (κ3) is 1.50. The summed E-state index contributed by atoms with van der Waals surface area (Å²) < 4.78 is 0. The molecule has 0 bridgehead atoms. The molecule has 0 saturated carbocycles. The second kappa shape index (κ2) is 3.62. The molecule has 76 valence electrons. The number of anilines is 1. The van der Waals surface area contributed by atoms with E-state index in [1.807, 2.05) is 12.1 Å². The van der Waals surface area contributed by atoms with E-state index in [0.717, 1.165) is 24.1 Å². The minimum atomic E-state index is -0.298. The Hall–Kier alpha value is -1.02. The topological polar surface area (TPSA) is 32.3 Å². The molecule has 2 atom stereocenters. The van der Waals surface area contributed by atoms with Crippen molar-refractivity contribution in [2.75, 3.05) is 5.32 Å². The van der Waals surface area contributed by atoms with Gasteiger partial charge in [-0.2, -0.15) is 0 Å². The zero-order chi connectivity index (χ0) is 10.1. The molecule has 0 spiro atoms. The second-order valence-corrected chi connectivity index (χ2v) is 4.03. The average molecular weight is 191 g/mol. The smallest absolute Gasteiger partial charge is 0.0829 e. The molecule has 2 nitrogen and oxygen atoms in total. The molecule has 1 aromatic carbocycles. The maximum Gasteiger partial charge on any atom is 0.0829 e. The van der Waals surface area contributed by atoms with E-state index in [2.05, 4.69) is 25.2 Å². The molecule has 1 aliphatic rings. The van der Waals surface area contributed by atoms with Crippen molar-refractivity contribution in [2.45, 2.75) is 38.8 Å². The Kier molecular flexibility index (Phi) is 2.46. The lowest BCUT2D eigenvalue weighted by Crippen LogP contribution is -2.26. The normalized spacial score (nSPS) is 25.4. The van der Waals surface area contributed by atoms with Crippen LogP contribution in [0.1, 0.15) is 37.5 Å². The summed E-state index contributed by atoms with van der Waals surface area (Å²) in [5.41, 5.74) is 3.51. The zero-order valence-corrected chi connectivity index (χ0v) is 8.75. The number of aryl methyl sites for hydroxylation is 1. The van der Waals surface area contributed by atoms with Crippen molar-refractivity contribution in [3.05, 3.63) is 29.3 Å². The lowest BCUT2D eigenvalue weighted by Gasteiger charge is -2.30. The Balaban J connectivity index is 2.47. The number of hydrogen-bond acceptors (Lipinski definition) is 2. The molecule has 0 aliphatic carbocycles. The number of para-hydroxylation sites is 1. The van der Waals surface area contributed by atoms with Crippen LogP contribution in [0.3, 0.4) is 0 Å². The van der Waals surface area contributed by atoms with Gasteiger partial charge in [0.2, 0.25) is 0 Å². The molecule has 0 radical (unpaired) electrons. The van der Waals surface area contributed by atoms with Gasteiger partial charge < -0.3 is 10.4 Å². The van der Waals surface area contributed by atoms with Crippen molar-refractivity contribution in [3.8, 4) is 0 Å². The molecule has 2 unspecified atom stereocenters. The van der Waals surface area contributed by atoms with Gasteiger partial charge in [-0.15, -0.1) is 0 Å². The van der Waals surface area contributed by atoms with Gasteiger partial charge in [0.1, 0.15) is 0 Å². The molecule has 2 N–H and O–H groups in total. The quantitative estimate of drug-likeness (QED) is 0.714. The fourth-order valence-electron chi connectivity index (χ4n) is 2.14. The lowest BCUT2D eigenvalue weighted by atomic mass is 9.93. The lowest BCUT2D eigenvalue weighted by molar-refractivity contribution is 0.158. The van der Waals surface area contributed by atoms with E-state index >= 15 is 0 Å². The highest BCUT2D eigenvalue weighted by Crippen LogP contribution is 2.34. The van der Waals surface area contributed by atoms with Crippen molar-refractivity contribution in [1.82, 2.24) is 0 Å². The predicted octanol–water partition coefficient (Wildman–Crippen LogP) is 2.49. The number of rotatable bonds is 1. The van der Waals surface area contributed by atoms with Crippen molar-refractivity contribution in [2.24, 2.45) is 0 Å². The Morgan fingerprint density at radius 1 is 1.50 bits per heavy atom. The van der Waals surface area contributed by atoms with Crippen molar-refractivity contribution >= 4 is 5.69 Å². The van der Waals surface area contributed by atoms with Gasteiger partial charge in [-0.05, 0) is 25.3 Å². The van der Waals surface area contributed by atoms with Gasteiger partial charge in [0.05, 0.1) is 6.10 Å². The summed E-state index contributed by atoms with van der Waals surface area (Å²) >= 11 is 0. The van der Waals surface area contributed by atoms with Gasteiger partial charge in [0.25, 0.3) is 0 Å². The molecule has 0 saturated heterocycles. The number of nitrogens with one attached hydrogen (secondary N) is 1. The minimum absolute atomic E-state index is 0.298. The maximum atomic E-state index is 9.91. The van der Waals surface area contributed by atoms with Gasteiger partial charge >= 0.3 is 0 Å². The van der Waals surface area contributed by atoms with Crippen molar-refractivity contribution in [3.63, 3.8) is 0 Å². The van der Waals surface area contributed by atoms with Crippen LogP contribution in [-0.2, 0) is 6.42 Å². The van der Waals surface area contributed by atoms with E-state index < -0.39 is 0 Å². The molecule has 0 fully saturated rings. The van der Waals surface area contributed by atoms with Gasteiger partial charge in [0, 0.05) is 17.3 Å². The number of aliphatic hydroxyl groups is 1. The first-order valence-electron chi connectivity index (χ1n) is 5.28. The van der Waals surface area contributed by atoms with Crippen LogP contribution in [0.2, 0.25) is 0 Å². The van der Waals surface area contributed by atoms with Gasteiger partial charge in [-0.1, -0.05) is 25.1 Å². The Bertz CT molecular complexity index is 335. The Labute approximate surface area is 85.0 Å². The highest BCUT2D eigenvalue weighted by Gasteiger charge is 2.23. The van der Waals surface area contributed by atoms with Crippen LogP contribution in [-0.4, -0.2) is 11.1 Å². The number of fused-ring (bicyclic) bond motifs is 1. The summed E-state index contributed by atoms with van der Waals surface area (Å²) in [5.74, 6) is 0. The van der Waals surface area contributed by atoms with E-state index in [1.54, 1.807) is 0 Å². The molecular formula is C12H17NO. The van der Waals surface area contributed by atoms with Crippen molar-refractivity contribution < 1.29 is 5.11 Å². The largest absolute Gasteiger partial charge is 0.388 e. The van der Waals surface area contributed by atoms with E-state index in [1.165, 1.54) is 5.56 Å². The molecule has 0 aromatic heterocycles. The van der Waals surface area contributed by atoms with Crippen LogP contribution in [0.15, 0.2) is 18.2 Å². The number of hydrogen-bond donors (Lipinski definition) is 2. The number of aliphatic hydroxyl groups excluding tert-OH is 1. The molecule has 1 aromatic rings. The summed E-state index contributed by atoms with van der Waals surface area (Å²) in [6.45, 7) is 4.25. The SMILES string of the molecule is CCc1cccc2c1NC(C)CC2O. The first kappa shape index (κ1) is 9.53. The first-order chi connectivity index (χ1) is 6.72. The zero-order valence-electron chi connectivity index (χ0n) is 8.75. The molecule has 1 heterocycles. The summed E-state index contributed by atoms with van der Waals surface area (Å²) in [5, 5.41) is 13.4. The maximum absolute atomic E-state index is 9.91. The van der Waals surface area contributed by atoms with Crippen LogP contribution in [0, 0.1) is 0 Å². The van der Waals surface area contributed by atoms with Crippen LogP contribution in [0.5, 0.6) is 0 Å². The minimum Gasteiger partial charge on any atom is -0.388 e. The molecule has 0 amide bonds. The third-order valence-electron chi connectivity index (χ3n) is 2.89. The van der Waals surface area contributed by atoms with Crippen LogP contribution in [0.25, 0.3) is 0 Å². The summed E-state index contributed by atoms with van der Waals surface area (Å²) in [7, 11) is 0. The van der Waals surface area contributed by atoms with Crippen molar-refractivity contribution in [1.29, 1.82) is 0 Å². The molecular weight excluding hydrogens is 174 g/mol. The molecule has 2 rings (SSSR count). The fraction of sp³-hybridized carbons (Fsp3) is 0.500. The van der Waals surface area contributed by atoms with Crippen LogP contribution >= 0.6 is 0 Å². The monoisotopic (exact) mass is 191 g/mol. The number of benzene rings is 1. The average Bonchev–Trinajstić information content (AvgIpc) is 2.17. The van der Waals surface area contributed by atoms with E-state index in [-0.39, 0.29) is 6.10 Å². The Morgan fingerprint density at radius 2 is 2.29 bits per heavy atom. The van der Waals surface area contributed by atoms with E-state index in [0.29, 0.717) is 6.04 Å². The van der Waals surface area contributed by atoms with Crippen LogP contribution < -0.4 is 5.32 Å². The molecule has 1 aliphatic heterocycles. The highest BCUT2D eigenvalue weighted by molar-refractivity contribution is 5.60. The Morgan fingerprint density at radius 3 is 3.00 bits per heavy atom. The molecule has 2 heteroatoms. The van der Waals surface area contributed by atoms with Crippen LogP contribution in [0.4, 0.5) is 5.69 Å². The van der Waals surface area contributed by atoms with E-state index in [9.17, 15) is 5.11 Å². The third-order valence-corrected chi connectivity index (χ3v) is 2.89. The summed E-state index contributed by atoms with van der Waals surface area (Å²) in [6, 6.07) is 6.53. The van der Waals surface area contributed by atoms with Gasteiger partial charge in [-0.25, -0.2) is 0 Å². The fourth-order valence-corrected chi connectivity index (χ4v) is 2.14. The second-order valence-electron chi connectivity index (χ2n) is 4.03.